The number of rotatable bonds is 3. The van der Waals surface area contributed by atoms with Crippen LogP contribution in [-0.2, 0) is 9.53 Å². The van der Waals surface area contributed by atoms with Gasteiger partial charge in [0.1, 0.15) is 24.1 Å². The van der Waals surface area contributed by atoms with Crippen molar-refractivity contribution >= 4 is 23.0 Å². The molecule has 138 valence electrons. The van der Waals surface area contributed by atoms with Gasteiger partial charge in [0, 0.05) is 6.42 Å². The summed E-state index contributed by atoms with van der Waals surface area (Å²) >= 11 is 0. The molecule has 0 radical (unpaired) electrons. The van der Waals surface area contributed by atoms with Gasteiger partial charge in [0.05, 0.1) is 17.4 Å². The van der Waals surface area contributed by atoms with Crippen molar-refractivity contribution in [3.63, 3.8) is 0 Å². The second-order valence-corrected chi connectivity index (χ2v) is 7.16. The van der Waals surface area contributed by atoms with Crippen molar-refractivity contribution in [1.29, 1.82) is 0 Å². The Kier molecular flexibility index (Phi) is 4.67. The monoisotopic (exact) mass is 359 g/mol. The molecule has 2 aromatic rings. The topological polar surface area (TPSA) is 102 Å². The predicted octanol–water partition coefficient (Wildman–Crippen LogP) is 2.47. The van der Waals surface area contributed by atoms with Crippen molar-refractivity contribution < 1.29 is 24.2 Å². The zero-order valence-corrected chi connectivity index (χ0v) is 14.9. The van der Waals surface area contributed by atoms with Gasteiger partial charge in [-0.15, -0.1) is 0 Å². The van der Waals surface area contributed by atoms with Crippen molar-refractivity contribution in [2.45, 2.75) is 44.9 Å². The molecular weight excluding hydrogens is 338 g/mol. The molecule has 0 spiro atoms. The molecule has 1 saturated heterocycles. The molecule has 1 aliphatic rings. The summed E-state index contributed by atoms with van der Waals surface area (Å²) in [5.41, 5.74) is 0.0244. The van der Waals surface area contributed by atoms with E-state index in [4.69, 9.17) is 9.47 Å². The average molecular weight is 359 g/mol. The number of carboxylic acid groups (broad SMARTS) is 1. The number of fused-ring (bicyclic) bond motifs is 1. The van der Waals surface area contributed by atoms with Crippen molar-refractivity contribution in [2.75, 3.05) is 6.54 Å². The molecule has 1 fully saturated rings. The molecule has 1 aromatic heterocycles. The zero-order chi connectivity index (χ0) is 18.9. The molecule has 1 amide bonds. The SMILES string of the molecule is CC(C)(C)OC(=O)N1C[C@H](Oc2ncnc3ccccc23)CC1C(=O)O. The molecule has 3 rings (SSSR count). The van der Waals surface area contributed by atoms with Gasteiger partial charge in [0.2, 0.25) is 5.88 Å². The number of carbonyl (C=O) groups excluding carboxylic acids is 1. The first-order valence-electron chi connectivity index (χ1n) is 8.33. The lowest BCUT2D eigenvalue weighted by atomic mass is 10.2. The van der Waals surface area contributed by atoms with Gasteiger partial charge in [0.15, 0.2) is 0 Å². The van der Waals surface area contributed by atoms with E-state index >= 15 is 0 Å². The van der Waals surface area contributed by atoms with Crippen molar-refractivity contribution in [2.24, 2.45) is 0 Å². The Hall–Kier alpha value is -2.90. The third kappa shape index (κ3) is 3.84. The minimum atomic E-state index is -1.09. The van der Waals surface area contributed by atoms with E-state index in [9.17, 15) is 14.7 Å². The second kappa shape index (κ2) is 6.78. The number of hydrogen-bond donors (Lipinski definition) is 1. The normalized spacial score (nSPS) is 20.2. The van der Waals surface area contributed by atoms with E-state index in [0.717, 1.165) is 10.9 Å². The summed E-state index contributed by atoms with van der Waals surface area (Å²) < 4.78 is 11.2. The van der Waals surface area contributed by atoms with Crippen molar-refractivity contribution in [3.05, 3.63) is 30.6 Å². The van der Waals surface area contributed by atoms with E-state index in [1.165, 1.54) is 11.2 Å². The minimum Gasteiger partial charge on any atom is -0.480 e. The Morgan fingerprint density at radius 1 is 1.23 bits per heavy atom. The molecule has 0 bridgehead atoms. The van der Waals surface area contributed by atoms with Crippen LogP contribution in [0.15, 0.2) is 30.6 Å². The number of carbonyl (C=O) groups is 2. The number of carboxylic acids is 1. The minimum absolute atomic E-state index is 0.115. The summed E-state index contributed by atoms with van der Waals surface area (Å²) in [4.78, 5) is 33.4. The first-order chi connectivity index (χ1) is 12.2. The van der Waals surface area contributed by atoms with Gasteiger partial charge < -0.3 is 14.6 Å². The molecule has 1 aromatic carbocycles. The molecule has 2 atom stereocenters. The molecule has 0 saturated carbocycles. The molecule has 1 N–H and O–H groups in total. The number of ether oxygens (including phenoxy) is 2. The van der Waals surface area contributed by atoms with Gasteiger partial charge in [-0.3, -0.25) is 4.90 Å². The summed E-state index contributed by atoms with van der Waals surface area (Å²) in [5, 5.41) is 10.2. The van der Waals surface area contributed by atoms with Gasteiger partial charge >= 0.3 is 12.1 Å². The Morgan fingerprint density at radius 3 is 2.65 bits per heavy atom. The van der Waals surface area contributed by atoms with Crippen LogP contribution in [0, 0.1) is 0 Å². The van der Waals surface area contributed by atoms with Crippen LogP contribution in [0.1, 0.15) is 27.2 Å². The summed E-state index contributed by atoms with van der Waals surface area (Å²) in [6.45, 7) is 5.32. The van der Waals surface area contributed by atoms with E-state index in [1.807, 2.05) is 24.3 Å². The third-order valence-electron chi connectivity index (χ3n) is 3.96. The maximum Gasteiger partial charge on any atom is 0.411 e. The lowest BCUT2D eigenvalue weighted by molar-refractivity contribution is -0.142. The fraction of sp³-hybridized carbons (Fsp3) is 0.444. The highest BCUT2D eigenvalue weighted by Crippen LogP contribution is 2.27. The summed E-state index contributed by atoms with van der Waals surface area (Å²) in [6, 6.07) is 6.38. The van der Waals surface area contributed by atoms with Crippen LogP contribution in [-0.4, -0.2) is 56.3 Å². The lowest BCUT2D eigenvalue weighted by Crippen LogP contribution is -2.43. The smallest absolute Gasteiger partial charge is 0.411 e. The van der Waals surface area contributed by atoms with Gasteiger partial charge in [-0.1, -0.05) is 12.1 Å². The predicted molar refractivity (Wildman–Crippen MR) is 92.9 cm³/mol. The number of likely N-dealkylation sites (tertiary alicyclic amines) is 1. The summed E-state index contributed by atoms with van der Waals surface area (Å²) in [7, 11) is 0. The van der Waals surface area contributed by atoms with Crippen molar-refractivity contribution in [3.8, 4) is 5.88 Å². The molecule has 26 heavy (non-hydrogen) atoms. The summed E-state index contributed by atoms with van der Waals surface area (Å²) in [6.07, 6.45) is 0.394. The number of amides is 1. The molecular formula is C18H21N3O5. The number of nitrogens with zero attached hydrogens (tertiary/aromatic N) is 3. The van der Waals surface area contributed by atoms with Gasteiger partial charge in [-0.25, -0.2) is 19.6 Å². The van der Waals surface area contributed by atoms with Gasteiger partial charge in [-0.05, 0) is 32.9 Å². The zero-order valence-electron chi connectivity index (χ0n) is 14.9. The largest absolute Gasteiger partial charge is 0.480 e. The van der Waals surface area contributed by atoms with Crippen LogP contribution in [0.25, 0.3) is 10.9 Å². The standard InChI is InChI=1S/C18H21N3O5/c1-18(2,3)26-17(24)21-9-11(8-14(21)16(22)23)25-15-12-6-4-5-7-13(12)19-10-20-15/h4-7,10-11,14H,8-9H2,1-3H3,(H,22,23)/t11-,14?/m1/s1. The molecule has 1 unspecified atom stereocenters. The molecule has 1 aliphatic heterocycles. The summed E-state index contributed by atoms with van der Waals surface area (Å²) in [5.74, 6) is -0.717. The van der Waals surface area contributed by atoms with Crippen LogP contribution >= 0.6 is 0 Å². The first kappa shape index (κ1) is 17.9. The third-order valence-corrected chi connectivity index (χ3v) is 3.96. The number of aliphatic carboxylic acids is 1. The molecule has 8 nitrogen and oxygen atoms in total. The van der Waals surface area contributed by atoms with E-state index in [2.05, 4.69) is 9.97 Å². The molecule has 8 heteroatoms. The first-order valence-corrected chi connectivity index (χ1v) is 8.33. The second-order valence-electron chi connectivity index (χ2n) is 7.16. The Morgan fingerprint density at radius 2 is 1.96 bits per heavy atom. The Labute approximate surface area is 150 Å². The van der Waals surface area contributed by atoms with Gasteiger partial charge in [-0.2, -0.15) is 0 Å². The number of para-hydroxylation sites is 1. The maximum absolute atomic E-state index is 12.3. The van der Waals surface area contributed by atoms with Crippen molar-refractivity contribution in [1.82, 2.24) is 14.9 Å². The lowest BCUT2D eigenvalue weighted by Gasteiger charge is -2.26. The number of benzene rings is 1. The highest BCUT2D eigenvalue weighted by Gasteiger charge is 2.42. The van der Waals surface area contributed by atoms with Gasteiger partial charge in [0.25, 0.3) is 0 Å². The Bertz CT molecular complexity index is 828. The van der Waals surface area contributed by atoms with Crippen LogP contribution < -0.4 is 4.74 Å². The molecule has 0 aliphatic carbocycles. The maximum atomic E-state index is 12.3. The van der Waals surface area contributed by atoms with Crippen LogP contribution in [0.3, 0.4) is 0 Å². The fourth-order valence-corrected chi connectivity index (χ4v) is 2.87. The van der Waals surface area contributed by atoms with E-state index < -0.39 is 29.8 Å². The fourth-order valence-electron chi connectivity index (χ4n) is 2.87. The van der Waals surface area contributed by atoms with Crippen LogP contribution in [0.4, 0.5) is 4.79 Å². The molecule has 2 heterocycles. The number of aromatic nitrogens is 2. The van der Waals surface area contributed by atoms with E-state index in [0.29, 0.717) is 5.88 Å². The average Bonchev–Trinajstić information content (AvgIpc) is 2.98. The van der Waals surface area contributed by atoms with E-state index in [1.54, 1.807) is 20.8 Å². The van der Waals surface area contributed by atoms with Crippen LogP contribution in [0.2, 0.25) is 0 Å². The Balaban J connectivity index is 1.79. The van der Waals surface area contributed by atoms with Crippen LogP contribution in [0.5, 0.6) is 5.88 Å². The number of hydrogen-bond acceptors (Lipinski definition) is 6. The highest BCUT2D eigenvalue weighted by molar-refractivity contribution is 5.83. The highest BCUT2D eigenvalue weighted by atomic mass is 16.6. The van der Waals surface area contributed by atoms with E-state index in [-0.39, 0.29) is 13.0 Å². The quantitative estimate of drug-likeness (QED) is 0.898.